The summed E-state index contributed by atoms with van der Waals surface area (Å²) in [6.07, 6.45) is 12.8. The summed E-state index contributed by atoms with van der Waals surface area (Å²) in [7, 11) is 0. The zero-order valence-electron chi connectivity index (χ0n) is 18.5. The maximum atomic E-state index is 10.6. The van der Waals surface area contributed by atoms with Crippen molar-refractivity contribution >= 4 is 11.8 Å². The molecule has 0 aromatic carbocycles. The van der Waals surface area contributed by atoms with Gasteiger partial charge in [0.15, 0.2) is 0 Å². The van der Waals surface area contributed by atoms with Crippen LogP contribution < -0.4 is 5.48 Å². The van der Waals surface area contributed by atoms with Crippen molar-refractivity contribution in [2.75, 3.05) is 0 Å². The molecule has 0 radical (unpaired) electrons. The van der Waals surface area contributed by atoms with Crippen molar-refractivity contribution in [1.82, 2.24) is 5.48 Å². The first-order valence-corrected chi connectivity index (χ1v) is 11.3. The van der Waals surface area contributed by atoms with E-state index in [1.807, 2.05) is 18.5 Å². The van der Waals surface area contributed by atoms with Crippen LogP contribution >= 0.6 is 0 Å². The van der Waals surface area contributed by atoms with Crippen molar-refractivity contribution in [1.29, 1.82) is 0 Å². The number of allylic oxidation sites excluding steroid dienone is 3. The van der Waals surface area contributed by atoms with E-state index >= 15 is 0 Å². The minimum Gasteiger partial charge on any atom is -0.463 e. The monoisotopic (exact) mass is 402 g/mol. The number of oxime groups is 1. The molecular weight excluding hydrogens is 364 g/mol. The molecule has 0 spiro atoms. The molecule has 3 aliphatic carbocycles. The molecule has 3 saturated carbocycles. The SMILES string of the molecule is C=C/C=C1/CCC2C(CCC3(C)C(/C(C)=N/ONC(=O)O)CCC23)C1(C)CCC. The van der Waals surface area contributed by atoms with E-state index in [4.69, 9.17) is 10.0 Å². The molecule has 0 aromatic heterocycles. The first-order valence-electron chi connectivity index (χ1n) is 11.3. The number of hydroxylamine groups is 1. The van der Waals surface area contributed by atoms with E-state index in [1.165, 1.54) is 44.9 Å². The summed E-state index contributed by atoms with van der Waals surface area (Å²) in [4.78, 5) is 15.4. The largest absolute Gasteiger partial charge is 0.463 e. The van der Waals surface area contributed by atoms with Crippen LogP contribution in [0.25, 0.3) is 0 Å². The lowest BCUT2D eigenvalue weighted by molar-refractivity contribution is -0.0415. The van der Waals surface area contributed by atoms with Crippen LogP contribution in [0.2, 0.25) is 0 Å². The minimum atomic E-state index is -1.22. The third kappa shape index (κ3) is 3.85. The lowest BCUT2D eigenvalue weighted by Gasteiger charge is -2.57. The molecule has 6 atom stereocenters. The Labute approximate surface area is 175 Å². The second-order valence-corrected chi connectivity index (χ2v) is 9.92. The smallest absolute Gasteiger partial charge is 0.440 e. The number of rotatable bonds is 6. The van der Waals surface area contributed by atoms with Crippen molar-refractivity contribution in [3.63, 3.8) is 0 Å². The highest BCUT2D eigenvalue weighted by Gasteiger charge is 2.58. The summed E-state index contributed by atoms with van der Waals surface area (Å²) in [5.74, 6) is 2.60. The zero-order valence-corrected chi connectivity index (χ0v) is 18.5. The van der Waals surface area contributed by atoms with Crippen LogP contribution in [0.4, 0.5) is 4.79 Å². The maximum Gasteiger partial charge on any atom is 0.440 e. The molecule has 5 heteroatoms. The Morgan fingerprint density at radius 1 is 1.31 bits per heavy atom. The summed E-state index contributed by atoms with van der Waals surface area (Å²) < 4.78 is 0. The number of hydrogen-bond donors (Lipinski definition) is 2. The standard InChI is InChI=1S/C24H38N2O3/c1-6-8-17-9-10-18-20-12-11-19(16(3)25-29-26-22(27)28)24(20,5)15-13-21(18)23(17,4)14-7-2/h6,8,18-21,26H,1,7,9-15H2,2-5H3,(H,27,28)/b17-8-,25-16+. The van der Waals surface area contributed by atoms with E-state index in [1.54, 1.807) is 5.57 Å². The number of fused-ring (bicyclic) bond motifs is 3. The molecule has 0 aliphatic heterocycles. The lowest BCUT2D eigenvalue weighted by atomic mass is 9.47. The molecule has 3 fully saturated rings. The molecule has 0 saturated heterocycles. The highest BCUT2D eigenvalue weighted by molar-refractivity contribution is 5.85. The summed E-state index contributed by atoms with van der Waals surface area (Å²) in [5.41, 5.74) is 4.94. The highest BCUT2D eigenvalue weighted by atomic mass is 16.8. The second kappa shape index (κ2) is 8.53. The zero-order chi connectivity index (χ0) is 21.2. The van der Waals surface area contributed by atoms with Gasteiger partial charge in [-0.05, 0) is 80.5 Å². The van der Waals surface area contributed by atoms with E-state index in [-0.39, 0.29) is 5.41 Å². The van der Waals surface area contributed by atoms with Crippen molar-refractivity contribution in [3.8, 4) is 0 Å². The van der Waals surface area contributed by atoms with Gasteiger partial charge in [0, 0.05) is 5.92 Å². The number of nitrogens with zero attached hydrogens (tertiary/aromatic N) is 1. The molecule has 29 heavy (non-hydrogen) atoms. The predicted molar refractivity (Wildman–Crippen MR) is 116 cm³/mol. The molecule has 6 unspecified atom stereocenters. The second-order valence-electron chi connectivity index (χ2n) is 9.92. The van der Waals surface area contributed by atoms with Crippen LogP contribution in [0, 0.1) is 34.5 Å². The molecule has 0 heterocycles. The van der Waals surface area contributed by atoms with Gasteiger partial charge >= 0.3 is 6.09 Å². The Bertz CT molecular complexity index is 700. The molecule has 1 amide bonds. The molecule has 0 bridgehead atoms. The summed E-state index contributed by atoms with van der Waals surface area (Å²) in [6.45, 7) is 13.2. The lowest BCUT2D eigenvalue weighted by Crippen LogP contribution is -2.50. The van der Waals surface area contributed by atoms with Gasteiger partial charge in [0.2, 0.25) is 0 Å². The van der Waals surface area contributed by atoms with E-state index in [0.717, 1.165) is 24.0 Å². The Hall–Kier alpha value is -1.78. The topological polar surface area (TPSA) is 70.9 Å². The highest BCUT2D eigenvalue weighted by Crippen LogP contribution is 2.66. The Morgan fingerprint density at radius 2 is 2.07 bits per heavy atom. The van der Waals surface area contributed by atoms with Gasteiger partial charge in [-0.2, -0.15) is 0 Å². The molecule has 0 aromatic rings. The van der Waals surface area contributed by atoms with Crippen LogP contribution in [-0.2, 0) is 4.94 Å². The normalized spacial score (nSPS) is 40.8. The van der Waals surface area contributed by atoms with Gasteiger partial charge in [-0.1, -0.05) is 56.7 Å². The fourth-order valence-electron chi connectivity index (χ4n) is 7.49. The van der Waals surface area contributed by atoms with Gasteiger partial charge in [0.25, 0.3) is 0 Å². The molecule has 3 rings (SSSR count). The first-order chi connectivity index (χ1) is 13.8. The summed E-state index contributed by atoms with van der Waals surface area (Å²) in [5, 5.41) is 12.8. The Balaban J connectivity index is 1.83. The average molecular weight is 403 g/mol. The fourth-order valence-corrected chi connectivity index (χ4v) is 7.49. The summed E-state index contributed by atoms with van der Waals surface area (Å²) >= 11 is 0. The quantitative estimate of drug-likeness (QED) is 0.403. The molecular formula is C24H38N2O3. The van der Waals surface area contributed by atoms with Gasteiger partial charge in [-0.25, -0.2) is 4.79 Å². The van der Waals surface area contributed by atoms with Crippen LogP contribution in [-0.4, -0.2) is 16.9 Å². The van der Waals surface area contributed by atoms with Crippen LogP contribution in [0.15, 0.2) is 29.5 Å². The summed E-state index contributed by atoms with van der Waals surface area (Å²) in [6, 6.07) is 0. The molecule has 3 aliphatic rings. The van der Waals surface area contributed by atoms with Crippen molar-refractivity contribution < 1.29 is 14.8 Å². The average Bonchev–Trinajstić information content (AvgIpc) is 3.01. The number of nitrogens with one attached hydrogen (secondary N) is 1. The van der Waals surface area contributed by atoms with Gasteiger partial charge in [0.1, 0.15) is 0 Å². The van der Waals surface area contributed by atoms with Gasteiger partial charge in [-0.15, -0.1) is 5.48 Å². The minimum absolute atomic E-state index is 0.230. The van der Waals surface area contributed by atoms with Crippen LogP contribution in [0.5, 0.6) is 0 Å². The predicted octanol–water partition coefficient (Wildman–Crippen LogP) is 6.33. The van der Waals surface area contributed by atoms with Crippen LogP contribution in [0.3, 0.4) is 0 Å². The first kappa shape index (κ1) is 21.9. The van der Waals surface area contributed by atoms with E-state index in [9.17, 15) is 4.79 Å². The van der Waals surface area contributed by atoms with Crippen molar-refractivity contribution in [2.45, 2.75) is 79.1 Å². The number of carboxylic acid groups (broad SMARTS) is 1. The van der Waals surface area contributed by atoms with E-state index < -0.39 is 6.09 Å². The fraction of sp³-hybridized carbons (Fsp3) is 0.750. The van der Waals surface area contributed by atoms with E-state index in [2.05, 4.69) is 38.6 Å². The Morgan fingerprint density at radius 3 is 2.72 bits per heavy atom. The van der Waals surface area contributed by atoms with Crippen molar-refractivity contribution in [3.05, 3.63) is 24.3 Å². The number of hydrogen-bond acceptors (Lipinski definition) is 3. The van der Waals surface area contributed by atoms with Gasteiger partial charge in [0.05, 0.1) is 5.71 Å². The van der Waals surface area contributed by atoms with Gasteiger partial charge < -0.3 is 5.11 Å². The van der Waals surface area contributed by atoms with Crippen LogP contribution in [0.1, 0.15) is 79.1 Å². The molecule has 5 nitrogen and oxygen atoms in total. The van der Waals surface area contributed by atoms with Crippen molar-refractivity contribution in [2.24, 2.45) is 39.7 Å². The van der Waals surface area contributed by atoms with E-state index in [0.29, 0.717) is 17.3 Å². The number of amides is 1. The molecule has 2 N–H and O–H groups in total. The Kier molecular flexibility index (Phi) is 6.45. The number of carbonyl (C=O) groups is 1. The third-order valence-corrected chi connectivity index (χ3v) is 8.65. The molecule has 162 valence electrons. The van der Waals surface area contributed by atoms with Gasteiger partial charge in [-0.3, -0.25) is 4.94 Å². The maximum absolute atomic E-state index is 10.6. The third-order valence-electron chi connectivity index (χ3n) is 8.65.